The zero-order chi connectivity index (χ0) is 11.4. The molecule has 1 rings (SSSR count). The average molecular weight is 229 g/mol. The lowest BCUT2D eigenvalue weighted by Gasteiger charge is -2.35. The second kappa shape index (κ2) is 5.63. The van der Waals surface area contributed by atoms with Crippen LogP contribution in [0, 0.1) is 16.7 Å². The Hall–Kier alpha value is -0.390. The summed E-state index contributed by atoms with van der Waals surface area (Å²) in [4.78, 5) is 0. The van der Waals surface area contributed by atoms with Gasteiger partial charge >= 0.3 is 0 Å². The molecule has 0 spiro atoms. The van der Waals surface area contributed by atoms with Gasteiger partial charge < -0.3 is 10.4 Å². The minimum absolute atomic E-state index is 0.171. The SMILES string of the molecule is CNC1CC(CC(=N)SC(=N)[C@@H](C)O)C1. The molecule has 86 valence electrons. The minimum Gasteiger partial charge on any atom is -0.387 e. The van der Waals surface area contributed by atoms with E-state index in [9.17, 15) is 0 Å². The van der Waals surface area contributed by atoms with Gasteiger partial charge in [0.1, 0.15) is 0 Å². The first-order valence-electron chi connectivity index (χ1n) is 5.22. The van der Waals surface area contributed by atoms with Crippen LogP contribution in [0.1, 0.15) is 26.2 Å². The molecule has 0 bridgehead atoms. The molecule has 0 aromatic rings. The van der Waals surface area contributed by atoms with E-state index in [4.69, 9.17) is 15.9 Å². The number of thioether (sulfide) groups is 1. The van der Waals surface area contributed by atoms with E-state index in [0.29, 0.717) is 17.0 Å². The molecule has 0 aromatic heterocycles. The van der Waals surface area contributed by atoms with Crippen LogP contribution in [0.4, 0.5) is 0 Å². The van der Waals surface area contributed by atoms with Gasteiger partial charge in [-0.25, -0.2) is 0 Å². The highest BCUT2D eigenvalue weighted by Gasteiger charge is 2.28. The van der Waals surface area contributed by atoms with Crippen molar-refractivity contribution >= 4 is 21.8 Å². The van der Waals surface area contributed by atoms with Gasteiger partial charge in [-0.2, -0.15) is 0 Å². The quantitative estimate of drug-likeness (QED) is 0.435. The van der Waals surface area contributed by atoms with Crippen LogP contribution in [0.3, 0.4) is 0 Å². The third-order valence-corrected chi connectivity index (χ3v) is 3.70. The Morgan fingerprint density at radius 2 is 2.13 bits per heavy atom. The standard InChI is InChI=1S/C10H19N3OS/c1-6(14)10(12)15-9(11)5-7-3-8(4-7)13-2/h6-8,11-14H,3-5H2,1-2H3/t6-,7?,8?/m1/s1. The predicted molar refractivity (Wildman–Crippen MR) is 64.9 cm³/mol. The third-order valence-electron chi connectivity index (χ3n) is 2.73. The van der Waals surface area contributed by atoms with E-state index in [1.165, 1.54) is 0 Å². The molecular weight excluding hydrogens is 210 g/mol. The topological polar surface area (TPSA) is 80.0 Å². The minimum atomic E-state index is -0.748. The molecule has 0 saturated heterocycles. The summed E-state index contributed by atoms with van der Waals surface area (Å²) in [5.74, 6) is 0.587. The molecular formula is C10H19N3OS. The third kappa shape index (κ3) is 3.93. The molecule has 1 aliphatic carbocycles. The molecule has 1 aliphatic rings. The molecule has 0 radical (unpaired) electrons. The largest absolute Gasteiger partial charge is 0.387 e. The second-order valence-corrected chi connectivity index (χ2v) is 5.23. The summed E-state index contributed by atoms with van der Waals surface area (Å²) >= 11 is 1.09. The van der Waals surface area contributed by atoms with Crippen LogP contribution < -0.4 is 5.32 Å². The van der Waals surface area contributed by atoms with Crippen LogP contribution in [0.25, 0.3) is 0 Å². The van der Waals surface area contributed by atoms with Gasteiger partial charge in [0.25, 0.3) is 0 Å². The summed E-state index contributed by atoms with van der Waals surface area (Å²) in [5, 5.41) is 28.1. The number of hydrogen-bond donors (Lipinski definition) is 4. The van der Waals surface area contributed by atoms with Crippen molar-refractivity contribution < 1.29 is 5.11 Å². The van der Waals surface area contributed by atoms with Crippen molar-refractivity contribution in [1.29, 1.82) is 10.8 Å². The Morgan fingerprint density at radius 1 is 1.53 bits per heavy atom. The maximum Gasteiger partial charge on any atom is 0.0989 e. The van der Waals surface area contributed by atoms with E-state index in [0.717, 1.165) is 31.0 Å². The summed E-state index contributed by atoms with van der Waals surface area (Å²) in [7, 11) is 1.96. The van der Waals surface area contributed by atoms with Crippen LogP contribution in [-0.4, -0.2) is 34.4 Å². The number of nitrogens with one attached hydrogen (secondary N) is 3. The fourth-order valence-electron chi connectivity index (χ4n) is 1.66. The van der Waals surface area contributed by atoms with E-state index in [2.05, 4.69) is 5.32 Å². The van der Waals surface area contributed by atoms with E-state index in [-0.39, 0.29) is 5.04 Å². The Labute approximate surface area is 94.9 Å². The van der Waals surface area contributed by atoms with Gasteiger partial charge in [-0.05, 0) is 39.2 Å². The molecule has 0 unspecified atom stereocenters. The molecule has 0 aliphatic heterocycles. The van der Waals surface area contributed by atoms with E-state index in [1.54, 1.807) is 6.92 Å². The molecule has 5 heteroatoms. The zero-order valence-corrected chi connectivity index (χ0v) is 10.0. The van der Waals surface area contributed by atoms with Crippen LogP contribution in [0.15, 0.2) is 0 Å². The number of rotatable bonds is 4. The van der Waals surface area contributed by atoms with E-state index >= 15 is 0 Å². The lowest BCUT2D eigenvalue weighted by Crippen LogP contribution is -2.39. The van der Waals surface area contributed by atoms with E-state index < -0.39 is 6.10 Å². The van der Waals surface area contributed by atoms with Crippen molar-refractivity contribution in [3.63, 3.8) is 0 Å². The maximum absolute atomic E-state index is 9.10. The summed E-state index contributed by atoms with van der Waals surface area (Å²) in [6.45, 7) is 1.56. The smallest absolute Gasteiger partial charge is 0.0989 e. The molecule has 1 atom stereocenters. The lowest BCUT2D eigenvalue weighted by atomic mass is 9.78. The van der Waals surface area contributed by atoms with Gasteiger partial charge in [0.2, 0.25) is 0 Å². The van der Waals surface area contributed by atoms with Gasteiger partial charge in [-0.15, -0.1) is 0 Å². The Bertz CT molecular complexity index is 249. The monoisotopic (exact) mass is 229 g/mol. The Morgan fingerprint density at radius 3 is 2.60 bits per heavy atom. The zero-order valence-electron chi connectivity index (χ0n) is 9.21. The van der Waals surface area contributed by atoms with Crippen molar-refractivity contribution in [3.05, 3.63) is 0 Å². The maximum atomic E-state index is 9.10. The predicted octanol–water partition coefficient (Wildman–Crippen LogP) is 1.44. The number of aliphatic hydroxyl groups is 1. The first-order valence-corrected chi connectivity index (χ1v) is 6.03. The van der Waals surface area contributed by atoms with Gasteiger partial charge in [0.05, 0.1) is 16.2 Å². The van der Waals surface area contributed by atoms with Gasteiger partial charge in [0.15, 0.2) is 0 Å². The number of hydrogen-bond acceptors (Lipinski definition) is 5. The summed E-state index contributed by atoms with van der Waals surface area (Å²) < 4.78 is 0. The van der Waals surface area contributed by atoms with Crippen LogP contribution >= 0.6 is 11.8 Å². The Kier molecular flexibility index (Phi) is 4.76. The number of aliphatic hydroxyl groups excluding tert-OH is 1. The lowest BCUT2D eigenvalue weighted by molar-refractivity contribution is 0.241. The molecule has 1 fully saturated rings. The first kappa shape index (κ1) is 12.7. The Balaban J connectivity index is 2.18. The molecule has 4 nitrogen and oxygen atoms in total. The normalized spacial score (nSPS) is 26.9. The molecule has 1 saturated carbocycles. The van der Waals surface area contributed by atoms with Crippen molar-refractivity contribution in [3.8, 4) is 0 Å². The fraction of sp³-hybridized carbons (Fsp3) is 0.800. The van der Waals surface area contributed by atoms with Crippen molar-refractivity contribution in [2.75, 3.05) is 7.05 Å². The summed E-state index contributed by atoms with van der Waals surface area (Å²) in [5.41, 5.74) is 0. The summed E-state index contributed by atoms with van der Waals surface area (Å²) in [6.07, 6.45) is 2.25. The van der Waals surface area contributed by atoms with Crippen molar-refractivity contribution in [2.24, 2.45) is 5.92 Å². The van der Waals surface area contributed by atoms with Crippen LogP contribution in [0.5, 0.6) is 0 Å². The van der Waals surface area contributed by atoms with Gasteiger partial charge in [-0.3, -0.25) is 10.8 Å². The van der Waals surface area contributed by atoms with Gasteiger partial charge in [0, 0.05) is 6.04 Å². The molecule has 0 amide bonds. The van der Waals surface area contributed by atoms with Crippen LogP contribution in [-0.2, 0) is 0 Å². The highest BCUT2D eigenvalue weighted by atomic mass is 32.2. The van der Waals surface area contributed by atoms with Crippen LogP contribution in [0.2, 0.25) is 0 Å². The molecule has 15 heavy (non-hydrogen) atoms. The van der Waals surface area contributed by atoms with E-state index in [1.807, 2.05) is 7.05 Å². The molecule has 0 aromatic carbocycles. The van der Waals surface area contributed by atoms with Crippen molar-refractivity contribution in [2.45, 2.75) is 38.3 Å². The molecule has 0 heterocycles. The van der Waals surface area contributed by atoms with Crippen molar-refractivity contribution in [1.82, 2.24) is 5.32 Å². The highest BCUT2D eigenvalue weighted by molar-refractivity contribution is 8.26. The van der Waals surface area contributed by atoms with Gasteiger partial charge in [-0.1, -0.05) is 11.8 Å². The first-order chi connectivity index (χ1) is 7.02. The molecule has 4 N–H and O–H groups in total. The highest BCUT2D eigenvalue weighted by Crippen LogP contribution is 2.31. The average Bonchev–Trinajstić information content (AvgIpc) is 2.10. The summed E-state index contributed by atoms with van der Waals surface area (Å²) in [6, 6.07) is 0.615. The second-order valence-electron chi connectivity index (χ2n) is 4.09. The fourth-order valence-corrected chi connectivity index (χ4v) is 2.41.